The predicted molar refractivity (Wildman–Crippen MR) is 110 cm³/mol. The molecule has 0 aliphatic carbocycles. The Morgan fingerprint density at radius 2 is 1.52 bits per heavy atom. The van der Waals surface area contributed by atoms with Gasteiger partial charge in [-0.25, -0.2) is 4.79 Å². The number of rotatable bonds is 9. The van der Waals surface area contributed by atoms with Gasteiger partial charge in [-0.3, -0.25) is 4.79 Å². The maximum atomic E-state index is 12.0. The zero-order valence-corrected chi connectivity index (χ0v) is 16.1. The molecule has 2 aromatic carbocycles. The van der Waals surface area contributed by atoms with E-state index < -0.39 is 0 Å². The van der Waals surface area contributed by atoms with Gasteiger partial charge in [0.1, 0.15) is 0 Å². The lowest BCUT2D eigenvalue weighted by Crippen LogP contribution is -2.41. The molecular formula is C20H25ClN4O2. The first-order valence-electron chi connectivity index (χ1n) is 8.88. The van der Waals surface area contributed by atoms with Crippen LogP contribution >= 0.6 is 11.6 Å². The van der Waals surface area contributed by atoms with Gasteiger partial charge in [0.2, 0.25) is 0 Å². The van der Waals surface area contributed by atoms with Gasteiger partial charge < -0.3 is 20.9 Å². The highest BCUT2D eigenvalue weighted by atomic mass is 35.5. The van der Waals surface area contributed by atoms with Crippen LogP contribution in [0.4, 0.5) is 10.5 Å². The molecule has 3 amide bonds. The van der Waals surface area contributed by atoms with E-state index in [-0.39, 0.29) is 11.9 Å². The third-order valence-corrected chi connectivity index (χ3v) is 4.30. The molecule has 2 aromatic rings. The van der Waals surface area contributed by atoms with Crippen molar-refractivity contribution in [1.82, 2.24) is 16.0 Å². The van der Waals surface area contributed by atoms with Crippen molar-refractivity contribution in [3.8, 4) is 0 Å². The van der Waals surface area contributed by atoms with E-state index in [9.17, 15) is 9.59 Å². The molecule has 0 unspecified atom stereocenters. The molecule has 0 bridgehead atoms. The lowest BCUT2D eigenvalue weighted by molar-refractivity contribution is 0.0954. The Morgan fingerprint density at radius 3 is 2.26 bits per heavy atom. The van der Waals surface area contributed by atoms with E-state index in [1.54, 1.807) is 24.3 Å². The van der Waals surface area contributed by atoms with Crippen molar-refractivity contribution in [3.63, 3.8) is 0 Å². The Kier molecular flexibility index (Phi) is 8.45. The van der Waals surface area contributed by atoms with Crippen LogP contribution in [0.2, 0.25) is 5.02 Å². The molecule has 7 heteroatoms. The van der Waals surface area contributed by atoms with Crippen LogP contribution in [0.3, 0.4) is 0 Å². The van der Waals surface area contributed by atoms with E-state index in [2.05, 4.69) is 33.0 Å². The number of urea groups is 1. The number of hydrogen-bond acceptors (Lipinski definition) is 3. The first kappa shape index (κ1) is 20.6. The minimum absolute atomic E-state index is 0.246. The van der Waals surface area contributed by atoms with Crippen LogP contribution in [0.1, 0.15) is 16.8 Å². The molecular weight excluding hydrogens is 364 g/mol. The molecule has 0 radical (unpaired) electrons. The maximum absolute atomic E-state index is 12.0. The van der Waals surface area contributed by atoms with E-state index in [1.807, 2.05) is 25.2 Å². The second-order valence-electron chi connectivity index (χ2n) is 6.03. The molecule has 0 atom stereocenters. The van der Waals surface area contributed by atoms with Crippen molar-refractivity contribution in [2.45, 2.75) is 6.42 Å². The smallest absolute Gasteiger partial charge is 0.314 e. The summed E-state index contributed by atoms with van der Waals surface area (Å²) in [5, 5.41) is 8.65. The Bertz CT molecular complexity index is 740. The molecule has 3 N–H and O–H groups in total. The zero-order valence-electron chi connectivity index (χ0n) is 15.4. The molecule has 0 aliphatic rings. The summed E-state index contributed by atoms with van der Waals surface area (Å²) >= 11 is 5.97. The highest BCUT2D eigenvalue weighted by molar-refractivity contribution is 6.33. The van der Waals surface area contributed by atoms with Gasteiger partial charge in [-0.05, 0) is 30.7 Å². The Morgan fingerprint density at radius 1 is 0.889 bits per heavy atom. The number of hydrogen-bond donors (Lipinski definition) is 3. The summed E-state index contributed by atoms with van der Waals surface area (Å²) in [4.78, 5) is 25.9. The highest BCUT2D eigenvalue weighted by Crippen LogP contribution is 2.14. The van der Waals surface area contributed by atoms with Gasteiger partial charge in [0.15, 0.2) is 0 Å². The third-order valence-electron chi connectivity index (χ3n) is 3.97. The van der Waals surface area contributed by atoms with Gasteiger partial charge in [0.25, 0.3) is 5.91 Å². The first-order chi connectivity index (χ1) is 13.1. The molecule has 0 saturated carbocycles. The largest absolute Gasteiger partial charge is 0.375 e. The van der Waals surface area contributed by atoms with E-state index >= 15 is 0 Å². The summed E-state index contributed by atoms with van der Waals surface area (Å²) in [5.41, 5.74) is 1.57. The van der Waals surface area contributed by atoms with E-state index in [0.717, 1.165) is 18.7 Å². The maximum Gasteiger partial charge on any atom is 0.314 e. The van der Waals surface area contributed by atoms with Gasteiger partial charge in [-0.15, -0.1) is 0 Å². The van der Waals surface area contributed by atoms with Crippen molar-refractivity contribution in [2.24, 2.45) is 0 Å². The first-order valence-corrected chi connectivity index (χ1v) is 9.26. The van der Waals surface area contributed by atoms with Gasteiger partial charge in [-0.1, -0.05) is 41.9 Å². The monoisotopic (exact) mass is 388 g/mol. The number of amides is 3. The molecule has 0 spiro atoms. The zero-order chi connectivity index (χ0) is 19.5. The quantitative estimate of drug-likeness (QED) is 0.578. The number of para-hydroxylation sites is 1. The second kappa shape index (κ2) is 11.1. The number of nitrogens with zero attached hydrogens (tertiary/aromatic N) is 1. The molecule has 0 aromatic heterocycles. The fourth-order valence-corrected chi connectivity index (χ4v) is 2.71. The summed E-state index contributed by atoms with van der Waals surface area (Å²) < 4.78 is 0. The molecule has 0 aliphatic heterocycles. The summed E-state index contributed by atoms with van der Waals surface area (Å²) in [6, 6.07) is 16.7. The van der Waals surface area contributed by atoms with Crippen LogP contribution in [0.5, 0.6) is 0 Å². The van der Waals surface area contributed by atoms with Crippen LogP contribution in [0, 0.1) is 0 Å². The number of anilines is 1. The Balaban J connectivity index is 1.55. The van der Waals surface area contributed by atoms with E-state index in [1.165, 1.54) is 0 Å². The summed E-state index contributed by atoms with van der Waals surface area (Å²) in [5.74, 6) is -0.258. The average Bonchev–Trinajstić information content (AvgIpc) is 2.69. The number of nitrogens with one attached hydrogen (secondary N) is 3. The fourth-order valence-electron chi connectivity index (χ4n) is 2.48. The molecule has 2 rings (SSSR count). The average molecular weight is 389 g/mol. The fraction of sp³-hybridized carbons (Fsp3) is 0.300. The molecule has 0 fully saturated rings. The molecule has 27 heavy (non-hydrogen) atoms. The Hall–Kier alpha value is -2.73. The van der Waals surface area contributed by atoms with Crippen LogP contribution in [-0.4, -0.2) is 45.2 Å². The number of carbonyl (C=O) groups excluding carboxylic acids is 2. The SMILES string of the molecule is CN(CCCNC(=O)NCCNC(=O)c1ccccc1Cl)c1ccccc1. The number of halogens is 1. The molecule has 144 valence electrons. The topological polar surface area (TPSA) is 73.5 Å². The minimum atomic E-state index is -0.258. The van der Waals surface area contributed by atoms with Crippen molar-refractivity contribution in [3.05, 3.63) is 65.2 Å². The number of benzene rings is 2. The van der Waals surface area contributed by atoms with Gasteiger partial charge in [0.05, 0.1) is 10.6 Å². The number of carbonyl (C=O) groups is 2. The van der Waals surface area contributed by atoms with Crippen LogP contribution in [0.15, 0.2) is 54.6 Å². The normalized spacial score (nSPS) is 10.1. The molecule has 0 heterocycles. The van der Waals surface area contributed by atoms with Crippen molar-refractivity contribution >= 4 is 29.2 Å². The summed E-state index contributed by atoms with van der Waals surface area (Å²) in [6.07, 6.45) is 0.835. The van der Waals surface area contributed by atoms with E-state index in [0.29, 0.717) is 30.2 Å². The molecule has 0 saturated heterocycles. The van der Waals surface area contributed by atoms with Gasteiger partial charge >= 0.3 is 6.03 Å². The van der Waals surface area contributed by atoms with Crippen LogP contribution < -0.4 is 20.9 Å². The summed E-state index contributed by atoms with van der Waals surface area (Å²) in [7, 11) is 2.02. The summed E-state index contributed by atoms with van der Waals surface area (Å²) in [6.45, 7) is 2.09. The lowest BCUT2D eigenvalue weighted by Gasteiger charge is -2.19. The van der Waals surface area contributed by atoms with Crippen molar-refractivity contribution in [1.29, 1.82) is 0 Å². The Labute approximate surface area is 164 Å². The van der Waals surface area contributed by atoms with Crippen LogP contribution in [0.25, 0.3) is 0 Å². The third kappa shape index (κ3) is 7.19. The lowest BCUT2D eigenvalue weighted by atomic mass is 10.2. The van der Waals surface area contributed by atoms with Gasteiger partial charge in [-0.2, -0.15) is 0 Å². The van der Waals surface area contributed by atoms with Crippen molar-refractivity contribution in [2.75, 3.05) is 38.1 Å². The van der Waals surface area contributed by atoms with E-state index in [4.69, 9.17) is 11.6 Å². The highest BCUT2D eigenvalue weighted by Gasteiger charge is 2.08. The molecule has 6 nitrogen and oxygen atoms in total. The van der Waals surface area contributed by atoms with Crippen molar-refractivity contribution < 1.29 is 9.59 Å². The minimum Gasteiger partial charge on any atom is -0.375 e. The van der Waals surface area contributed by atoms with Crippen LogP contribution in [-0.2, 0) is 0 Å². The predicted octanol–water partition coefficient (Wildman–Crippen LogP) is 2.90. The van der Waals surface area contributed by atoms with Gasteiger partial charge in [0, 0.05) is 38.9 Å². The second-order valence-corrected chi connectivity index (χ2v) is 6.44. The standard InChI is InChI=1S/C20H25ClN4O2/c1-25(16-8-3-2-4-9-16)15-7-12-23-20(27)24-14-13-22-19(26)17-10-5-6-11-18(17)21/h2-6,8-11H,7,12-15H2,1H3,(H,22,26)(H2,23,24,27).